The van der Waals surface area contributed by atoms with E-state index in [9.17, 15) is 9.59 Å². The minimum absolute atomic E-state index is 0.0797. The molecule has 0 fully saturated rings. The van der Waals surface area contributed by atoms with Crippen molar-refractivity contribution >= 4 is 17.5 Å². The second-order valence-electron chi connectivity index (χ2n) is 7.30. The highest BCUT2D eigenvalue weighted by molar-refractivity contribution is 5.94. The van der Waals surface area contributed by atoms with E-state index in [4.69, 9.17) is 0 Å². The number of likely N-dealkylation sites (N-methyl/N-ethyl adjacent to an activating group) is 1. The van der Waals surface area contributed by atoms with Crippen LogP contribution in [0.1, 0.15) is 51.7 Å². The molecule has 0 radical (unpaired) electrons. The monoisotopic (exact) mass is 361 g/mol. The lowest BCUT2D eigenvalue weighted by Crippen LogP contribution is -2.49. The predicted molar refractivity (Wildman–Crippen MR) is 108 cm³/mol. The summed E-state index contributed by atoms with van der Waals surface area (Å²) in [5, 5.41) is 2.97. The van der Waals surface area contributed by atoms with Gasteiger partial charge in [-0.05, 0) is 58.7 Å². The van der Waals surface area contributed by atoms with Gasteiger partial charge in [-0.3, -0.25) is 14.5 Å². The van der Waals surface area contributed by atoms with Gasteiger partial charge in [-0.15, -0.1) is 0 Å². The van der Waals surface area contributed by atoms with Crippen LogP contribution in [0.2, 0.25) is 0 Å². The van der Waals surface area contributed by atoms with Gasteiger partial charge in [0, 0.05) is 17.8 Å². The maximum absolute atomic E-state index is 12.8. The third-order valence-corrected chi connectivity index (χ3v) is 4.98. The summed E-state index contributed by atoms with van der Waals surface area (Å²) >= 11 is 0. The van der Waals surface area contributed by atoms with Crippen molar-refractivity contribution in [3.8, 4) is 0 Å². The fourth-order valence-corrected chi connectivity index (χ4v) is 3.12. The van der Waals surface area contributed by atoms with Crippen LogP contribution in [-0.2, 0) is 9.59 Å². The molecule has 0 unspecified atom stereocenters. The van der Waals surface area contributed by atoms with E-state index in [1.54, 1.807) is 4.90 Å². The van der Waals surface area contributed by atoms with E-state index >= 15 is 0 Å². The maximum atomic E-state index is 12.8. The van der Waals surface area contributed by atoms with Crippen molar-refractivity contribution in [3.05, 3.63) is 29.3 Å². The van der Waals surface area contributed by atoms with E-state index in [1.165, 1.54) is 0 Å². The molecule has 1 aromatic rings. The molecule has 0 bridgehead atoms. The zero-order valence-corrected chi connectivity index (χ0v) is 17.4. The molecule has 2 atom stereocenters. The van der Waals surface area contributed by atoms with Gasteiger partial charge in [0.05, 0.1) is 13.1 Å². The number of benzene rings is 1. The number of nitrogens with zero attached hydrogens (tertiary/aromatic N) is 2. The number of anilines is 1. The van der Waals surface area contributed by atoms with E-state index in [-0.39, 0.29) is 37.0 Å². The van der Waals surface area contributed by atoms with Crippen molar-refractivity contribution in [1.29, 1.82) is 0 Å². The Morgan fingerprint density at radius 3 is 1.96 bits per heavy atom. The minimum atomic E-state index is -0.101. The molecule has 0 aliphatic rings. The van der Waals surface area contributed by atoms with Gasteiger partial charge >= 0.3 is 0 Å². The molecule has 0 aliphatic carbocycles. The van der Waals surface area contributed by atoms with Gasteiger partial charge in [0.15, 0.2) is 0 Å². The number of nitrogens with one attached hydrogen (secondary N) is 1. The quantitative estimate of drug-likeness (QED) is 0.731. The molecule has 1 N–H and O–H groups in total. The first-order valence-corrected chi connectivity index (χ1v) is 9.56. The topological polar surface area (TPSA) is 52.7 Å². The fourth-order valence-electron chi connectivity index (χ4n) is 3.12. The summed E-state index contributed by atoms with van der Waals surface area (Å²) in [7, 11) is 1.81. The molecule has 0 saturated carbocycles. The van der Waals surface area contributed by atoms with Gasteiger partial charge in [-0.1, -0.05) is 32.0 Å². The Labute approximate surface area is 158 Å². The highest BCUT2D eigenvalue weighted by Gasteiger charge is 2.24. The number of hydrogen-bond acceptors (Lipinski definition) is 3. The smallest absolute Gasteiger partial charge is 0.238 e. The first-order valence-electron chi connectivity index (χ1n) is 9.56. The van der Waals surface area contributed by atoms with Crippen LogP contribution in [0.15, 0.2) is 18.2 Å². The van der Waals surface area contributed by atoms with Crippen molar-refractivity contribution in [1.82, 2.24) is 9.80 Å². The summed E-state index contributed by atoms with van der Waals surface area (Å²) in [5.74, 6) is -0.0209. The van der Waals surface area contributed by atoms with Gasteiger partial charge in [0.2, 0.25) is 11.8 Å². The Bertz CT molecular complexity index is 585. The lowest BCUT2D eigenvalue weighted by Gasteiger charge is -2.35. The number of carbonyl (C=O) groups is 2. The van der Waals surface area contributed by atoms with E-state index < -0.39 is 0 Å². The second kappa shape index (κ2) is 10.3. The highest BCUT2D eigenvalue weighted by atomic mass is 16.2. The van der Waals surface area contributed by atoms with Crippen LogP contribution in [0.3, 0.4) is 0 Å². The van der Waals surface area contributed by atoms with Crippen LogP contribution in [0, 0.1) is 13.8 Å². The Balaban J connectivity index is 2.68. The molecule has 0 heterocycles. The van der Waals surface area contributed by atoms with Crippen molar-refractivity contribution in [2.45, 2.75) is 66.5 Å². The zero-order valence-electron chi connectivity index (χ0n) is 17.4. The Morgan fingerprint density at radius 1 is 1.00 bits per heavy atom. The van der Waals surface area contributed by atoms with Gasteiger partial charge in [-0.2, -0.15) is 0 Å². The third-order valence-electron chi connectivity index (χ3n) is 4.98. The lowest BCUT2D eigenvalue weighted by molar-refractivity contribution is -0.136. The van der Waals surface area contributed by atoms with E-state index in [0.29, 0.717) is 0 Å². The van der Waals surface area contributed by atoms with Crippen molar-refractivity contribution < 1.29 is 9.59 Å². The first kappa shape index (κ1) is 22.2. The van der Waals surface area contributed by atoms with Gasteiger partial charge in [-0.25, -0.2) is 0 Å². The van der Waals surface area contributed by atoms with Crippen LogP contribution in [0.25, 0.3) is 0 Å². The largest absolute Gasteiger partial charge is 0.336 e. The molecule has 0 spiro atoms. The molecule has 0 saturated heterocycles. The number of para-hydroxylation sites is 1. The van der Waals surface area contributed by atoms with Gasteiger partial charge in [0.25, 0.3) is 0 Å². The average Bonchev–Trinajstić information content (AvgIpc) is 2.57. The fraction of sp³-hybridized carbons (Fsp3) is 0.619. The molecule has 1 aromatic carbocycles. The highest BCUT2D eigenvalue weighted by Crippen LogP contribution is 2.19. The Morgan fingerprint density at radius 2 is 1.50 bits per heavy atom. The van der Waals surface area contributed by atoms with Gasteiger partial charge < -0.3 is 10.2 Å². The summed E-state index contributed by atoms with van der Waals surface area (Å²) in [6.45, 7) is 12.7. The van der Waals surface area contributed by atoms with E-state index in [2.05, 4.69) is 33.0 Å². The molecule has 5 nitrogen and oxygen atoms in total. The summed E-state index contributed by atoms with van der Waals surface area (Å²) in [6, 6.07) is 6.34. The molecule has 0 aromatic heterocycles. The normalized spacial score (nSPS) is 13.4. The van der Waals surface area contributed by atoms with E-state index in [1.807, 2.05) is 44.0 Å². The molecule has 2 amide bonds. The standard InChI is InChI=1S/C21H35N3O2/c1-8-17(5)24(18(6)9-2)20(26)14-23(7)13-19(25)22-21-15(3)11-10-12-16(21)4/h10-12,17-18H,8-9,13-14H2,1-7H3,(H,22,25)/t17-,18+. The Hall–Kier alpha value is -1.88. The van der Waals surface area contributed by atoms with Crippen LogP contribution in [0.5, 0.6) is 0 Å². The molecular formula is C21H35N3O2. The lowest BCUT2D eigenvalue weighted by atomic mass is 10.1. The molecule has 5 heteroatoms. The summed E-state index contributed by atoms with van der Waals surface area (Å²) in [4.78, 5) is 28.9. The van der Waals surface area contributed by atoms with Crippen LogP contribution in [-0.4, -0.2) is 53.8 Å². The van der Waals surface area contributed by atoms with Crippen molar-refractivity contribution in [3.63, 3.8) is 0 Å². The van der Waals surface area contributed by atoms with Crippen LogP contribution >= 0.6 is 0 Å². The molecule has 26 heavy (non-hydrogen) atoms. The molecule has 1 rings (SSSR count). The number of hydrogen-bond donors (Lipinski definition) is 1. The zero-order chi connectivity index (χ0) is 19.9. The summed E-state index contributed by atoms with van der Waals surface area (Å²) in [6.07, 6.45) is 1.85. The summed E-state index contributed by atoms with van der Waals surface area (Å²) in [5.41, 5.74) is 2.94. The maximum Gasteiger partial charge on any atom is 0.238 e. The number of carbonyl (C=O) groups excluding carboxylic acids is 2. The van der Waals surface area contributed by atoms with Gasteiger partial charge in [0.1, 0.15) is 0 Å². The molecule has 0 aliphatic heterocycles. The number of aryl methyl sites for hydroxylation is 2. The number of rotatable bonds is 9. The molecule has 146 valence electrons. The minimum Gasteiger partial charge on any atom is -0.336 e. The third kappa shape index (κ3) is 6.13. The average molecular weight is 362 g/mol. The Kier molecular flexibility index (Phi) is 8.79. The molecular weight excluding hydrogens is 326 g/mol. The second-order valence-corrected chi connectivity index (χ2v) is 7.30. The van der Waals surface area contributed by atoms with Crippen molar-refractivity contribution in [2.75, 3.05) is 25.5 Å². The van der Waals surface area contributed by atoms with E-state index in [0.717, 1.165) is 29.7 Å². The van der Waals surface area contributed by atoms with Crippen molar-refractivity contribution in [2.24, 2.45) is 0 Å². The first-order chi connectivity index (χ1) is 12.2. The predicted octanol–water partition coefficient (Wildman–Crippen LogP) is 3.60. The SMILES string of the molecule is CC[C@@H](C)N(C(=O)CN(C)CC(=O)Nc1c(C)cccc1C)[C@@H](C)CC. The van der Waals surface area contributed by atoms with Crippen LogP contribution < -0.4 is 5.32 Å². The van der Waals surface area contributed by atoms with Crippen LogP contribution in [0.4, 0.5) is 5.69 Å². The summed E-state index contributed by atoms with van der Waals surface area (Å²) < 4.78 is 0. The number of amides is 2.